The van der Waals surface area contributed by atoms with Crippen molar-refractivity contribution in [3.8, 4) is 5.75 Å². The number of carboxylic acid groups (broad SMARTS) is 1. The van der Waals surface area contributed by atoms with Gasteiger partial charge in [-0.2, -0.15) is 0 Å². The smallest absolute Gasteiger partial charge is 0.311 e. The van der Waals surface area contributed by atoms with Crippen molar-refractivity contribution in [1.29, 1.82) is 0 Å². The predicted molar refractivity (Wildman–Crippen MR) is 98.1 cm³/mol. The van der Waals surface area contributed by atoms with Crippen molar-refractivity contribution in [1.82, 2.24) is 4.90 Å². The van der Waals surface area contributed by atoms with Gasteiger partial charge in [0.25, 0.3) is 5.91 Å². The number of piperidine rings is 1. The zero-order chi connectivity index (χ0) is 19.4. The van der Waals surface area contributed by atoms with Crippen LogP contribution in [0.3, 0.4) is 0 Å². The van der Waals surface area contributed by atoms with Gasteiger partial charge in [-0.05, 0) is 49.6 Å². The van der Waals surface area contributed by atoms with Crippen LogP contribution in [0.25, 0.3) is 0 Å². The van der Waals surface area contributed by atoms with Gasteiger partial charge in [0.15, 0.2) is 0 Å². The average Bonchev–Trinajstić information content (AvgIpc) is 2.66. The van der Waals surface area contributed by atoms with E-state index in [2.05, 4.69) is 0 Å². The first-order valence-corrected chi connectivity index (χ1v) is 8.87. The second-order valence-corrected chi connectivity index (χ2v) is 7.14. The van der Waals surface area contributed by atoms with Crippen molar-refractivity contribution in [2.45, 2.75) is 26.4 Å². The van der Waals surface area contributed by atoms with E-state index in [1.54, 1.807) is 42.2 Å². The summed E-state index contributed by atoms with van der Waals surface area (Å²) in [4.78, 5) is 25.9. The van der Waals surface area contributed by atoms with Crippen LogP contribution in [-0.2, 0) is 11.4 Å². The lowest BCUT2D eigenvalue weighted by atomic mass is 9.82. The summed E-state index contributed by atoms with van der Waals surface area (Å²) in [6, 6.07) is 12.9. The molecule has 1 fully saturated rings. The molecule has 1 unspecified atom stereocenters. The van der Waals surface area contributed by atoms with E-state index in [4.69, 9.17) is 4.74 Å². The molecule has 0 aromatic heterocycles. The van der Waals surface area contributed by atoms with E-state index in [0.29, 0.717) is 30.7 Å². The standard InChI is InChI=1S/C21H22FNO4/c1-21(20(25)26)9-4-10-23(14-21)19(24)16-6-2-5-15(11-16)13-27-18-8-3-7-17(22)12-18/h2-3,5-8,11-12H,4,9-10,13-14H2,1H3,(H,25,26). The van der Waals surface area contributed by atoms with E-state index >= 15 is 0 Å². The quantitative estimate of drug-likeness (QED) is 0.870. The minimum Gasteiger partial charge on any atom is -0.489 e. The summed E-state index contributed by atoms with van der Waals surface area (Å²) in [6.45, 7) is 2.63. The van der Waals surface area contributed by atoms with Crippen molar-refractivity contribution in [2.75, 3.05) is 13.1 Å². The Morgan fingerprint density at radius 3 is 2.74 bits per heavy atom. The molecule has 3 rings (SSSR count). The lowest BCUT2D eigenvalue weighted by molar-refractivity contribution is -0.150. The third kappa shape index (κ3) is 4.45. The van der Waals surface area contributed by atoms with Gasteiger partial charge in [-0.25, -0.2) is 4.39 Å². The van der Waals surface area contributed by atoms with Crippen LogP contribution in [0.2, 0.25) is 0 Å². The number of ether oxygens (including phenoxy) is 1. The summed E-state index contributed by atoms with van der Waals surface area (Å²) in [5.41, 5.74) is 0.361. The number of halogens is 1. The highest BCUT2D eigenvalue weighted by Crippen LogP contribution is 2.30. The minimum absolute atomic E-state index is 0.185. The van der Waals surface area contributed by atoms with Crippen molar-refractivity contribution >= 4 is 11.9 Å². The number of carbonyl (C=O) groups excluding carboxylic acids is 1. The van der Waals surface area contributed by atoms with E-state index in [0.717, 1.165) is 5.56 Å². The molecule has 2 aromatic rings. The second-order valence-electron chi connectivity index (χ2n) is 7.14. The van der Waals surface area contributed by atoms with Gasteiger partial charge in [-0.3, -0.25) is 9.59 Å². The summed E-state index contributed by atoms with van der Waals surface area (Å²) in [5, 5.41) is 9.43. The monoisotopic (exact) mass is 371 g/mol. The molecule has 1 aliphatic heterocycles. The Kier molecular flexibility index (Phi) is 5.44. The first-order chi connectivity index (χ1) is 12.9. The topological polar surface area (TPSA) is 66.8 Å². The zero-order valence-electron chi connectivity index (χ0n) is 15.2. The van der Waals surface area contributed by atoms with E-state index < -0.39 is 11.4 Å². The number of carbonyl (C=O) groups is 2. The Morgan fingerprint density at radius 1 is 1.22 bits per heavy atom. The average molecular weight is 371 g/mol. The Labute approximate surface area is 157 Å². The van der Waals surface area contributed by atoms with Crippen LogP contribution in [0.1, 0.15) is 35.7 Å². The molecule has 1 aliphatic rings. The van der Waals surface area contributed by atoms with E-state index in [1.807, 2.05) is 6.07 Å². The molecular formula is C21H22FNO4. The lowest BCUT2D eigenvalue weighted by Gasteiger charge is -2.37. The number of benzene rings is 2. The van der Waals surface area contributed by atoms with Gasteiger partial charge in [0, 0.05) is 24.7 Å². The third-order valence-electron chi connectivity index (χ3n) is 4.88. The number of carboxylic acids is 1. The normalized spacial score (nSPS) is 19.6. The first-order valence-electron chi connectivity index (χ1n) is 8.87. The van der Waals surface area contributed by atoms with Crippen LogP contribution in [-0.4, -0.2) is 35.0 Å². The fraction of sp³-hybridized carbons (Fsp3) is 0.333. The number of nitrogens with zero attached hydrogens (tertiary/aromatic N) is 1. The fourth-order valence-electron chi connectivity index (χ4n) is 3.29. The van der Waals surface area contributed by atoms with E-state index in [-0.39, 0.29) is 24.9 Å². The molecule has 0 radical (unpaired) electrons. The van der Waals surface area contributed by atoms with Crippen LogP contribution in [0.5, 0.6) is 5.75 Å². The van der Waals surface area contributed by atoms with Gasteiger partial charge >= 0.3 is 5.97 Å². The van der Waals surface area contributed by atoms with Crippen LogP contribution < -0.4 is 4.74 Å². The maximum atomic E-state index is 13.2. The number of hydrogen-bond donors (Lipinski definition) is 1. The first kappa shape index (κ1) is 18.9. The van der Waals surface area contributed by atoms with Crippen molar-refractivity contribution in [3.05, 3.63) is 65.5 Å². The molecule has 5 nitrogen and oxygen atoms in total. The van der Waals surface area contributed by atoms with Crippen molar-refractivity contribution in [2.24, 2.45) is 5.41 Å². The Balaban J connectivity index is 1.69. The molecular weight excluding hydrogens is 349 g/mol. The molecule has 0 saturated carbocycles. The molecule has 1 atom stereocenters. The van der Waals surface area contributed by atoms with Crippen molar-refractivity contribution in [3.63, 3.8) is 0 Å². The summed E-state index contributed by atoms with van der Waals surface area (Å²) >= 11 is 0. The lowest BCUT2D eigenvalue weighted by Crippen LogP contribution is -2.48. The molecule has 1 N–H and O–H groups in total. The van der Waals surface area contributed by atoms with Crippen LogP contribution in [0, 0.1) is 11.2 Å². The molecule has 1 saturated heterocycles. The predicted octanol–water partition coefficient (Wildman–Crippen LogP) is 3.73. The molecule has 2 aromatic carbocycles. The summed E-state index contributed by atoms with van der Waals surface area (Å²) in [5.74, 6) is -1.02. The highest BCUT2D eigenvalue weighted by molar-refractivity contribution is 5.95. The van der Waals surface area contributed by atoms with Crippen LogP contribution in [0.15, 0.2) is 48.5 Å². The SMILES string of the molecule is CC1(C(=O)O)CCCN(C(=O)c2cccc(COc3cccc(F)c3)c2)C1. The summed E-state index contributed by atoms with van der Waals surface area (Å²) in [6.07, 6.45) is 1.23. The highest BCUT2D eigenvalue weighted by atomic mass is 19.1. The number of aliphatic carboxylic acids is 1. The molecule has 0 aliphatic carbocycles. The molecule has 27 heavy (non-hydrogen) atoms. The molecule has 142 valence electrons. The molecule has 6 heteroatoms. The largest absolute Gasteiger partial charge is 0.489 e. The highest BCUT2D eigenvalue weighted by Gasteiger charge is 2.39. The number of rotatable bonds is 5. The second kappa shape index (κ2) is 7.78. The van der Waals surface area contributed by atoms with Gasteiger partial charge in [0.2, 0.25) is 0 Å². The van der Waals surface area contributed by atoms with Gasteiger partial charge in [-0.1, -0.05) is 18.2 Å². The Morgan fingerprint density at radius 2 is 2.00 bits per heavy atom. The van der Waals surface area contributed by atoms with Gasteiger partial charge in [0.1, 0.15) is 18.2 Å². The number of hydrogen-bond acceptors (Lipinski definition) is 3. The Bertz CT molecular complexity index is 854. The summed E-state index contributed by atoms with van der Waals surface area (Å²) < 4.78 is 18.8. The fourth-order valence-corrected chi connectivity index (χ4v) is 3.29. The minimum atomic E-state index is -0.911. The molecule has 1 heterocycles. The van der Waals surface area contributed by atoms with Gasteiger partial charge in [0.05, 0.1) is 5.41 Å². The van der Waals surface area contributed by atoms with E-state index in [9.17, 15) is 19.1 Å². The van der Waals surface area contributed by atoms with Gasteiger partial charge in [-0.15, -0.1) is 0 Å². The maximum absolute atomic E-state index is 13.2. The van der Waals surface area contributed by atoms with Crippen LogP contribution in [0.4, 0.5) is 4.39 Å². The van der Waals surface area contributed by atoms with E-state index in [1.165, 1.54) is 12.1 Å². The maximum Gasteiger partial charge on any atom is 0.311 e. The number of likely N-dealkylation sites (tertiary alicyclic amines) is 1. The molecule has 1 amide bonds. The third-order valence-corrected chi connectivity index (χ3v) is 4.88. The van der Waals surface area contributed by atoms with Crippen molar-refractivity contribution < 1.29 is 23.8 Å². The van der Waals surface area contributed by atoms with Crippen LogP contribution >= 0.6 is 0 Å². The molecule has 0 spiro atoms. The van der Waals surface area contributed by atoms with Gasteiger partial charge < -0.3 is 14.7 Å². The zero-order valence-corrected chi connectivity index (χ0v) is 15.2. The Hall–Kier alpha value is -2.89. The number of amides is 1. The summed E-state index contributed by atoms with van der Waals surface area (Å²) in [7, 11) is 0. The molecule has 0 bridgehead atoms.